The molecule has 0 radical (unpaired) electrons. The maximum Gasteiger partial charge on any atom is 0.126 e. The van der Waals surface area contributed by atoms with E-state index in [0.717, 1.165) is 37.4 Å². The molecule has 0 bridgehead atoms. The van der Waals surface area contributed by atoms with Crippen LogP contribution in [-0.4, -0.2) is 22.2 Å². The molecule has 1 saturated carbocycles. The van der Waals surface area contributed by atoms with Gasteiger partial charge >= 0.3 is 0 Å². The quantitative estimate of drug-likeness (QED) is 0.845. The number of anilines is 1. The summed E-state index contributed by atoms with van der Waals surface area (Å²) in [5, 5.41) is 13.7. The predicted molar refractivity (Wildman–Crippen MR) is 70.0 cm³/mol. The van der Waals surface area contributed by atoms with Crippen molar-refractivity contribution in [2.45, 2.75) is 45.1 Å². The smallest absolute Gasteiger partial charge is 0.126 e. The van der Waals surface area contributed by atoms with Crippen molar-refractivity contribution in [3.05, 3.63) is 23.9 Å². The average Bonchev–Trinajstić information content (AvgIpc) is 2.31. The molecule has 1 aliphatic rings. The van der Waals surface area contributed by atoms with Crippen molar-refractivity contribution in [2.24, 2.45) is 5.92 Å². The van der Waals surface area contributed by atoms with E-state index in [2.05, 4.69) is 17.2 Å². The third-order valence-corrected chi connectivity index (χ3v) is 3.72. The molecule has 0 spiro atoms. The van der Waals surface area contributed by atoms with Gasteiger partial charge in [-0.15, -0.1) is 0 Å². The van der Waals surface area contributed by atoms with E-state index in [9.17, 15) is 5.11 Å². The van der Waals surface area contributed by atoms with Gasteiger partial charge in [-0.1, -0.05) is 6.92 Å². The van der Waals surface area contributed by atoms with Gasteiger partial charge in [0.15, 0.2) is 0 Å². The van der Waals surface area contributed by atoms with Crippen LogP contribution in [0.15, 0.2) is 18.3 Å². The zero-order valence-corrected chi connectivity index (χ0v) is 10.7. The zero-order chi connectivity index (χ0) is 12.3. The van der Waals surface area contributed by atoms with E-state index in [1.165, 1.54) is 5.56 Å². The minimum absolute atomic E-state index is 0.544. The predicted octanol–water partition coefficient (Wildman–Crippen LogP) is 2.74. The van der Waals surface area contributed by atoms with Gasteiger partial charge in [-0.3, -0.25) is 0 Å². The van der Waals surface area contributed by atoms with Crippen molar-refractivity contribution in [1.82, 2.24) is 4.98 Å². The molecule has 94 valence electrons. The largest absolute Gasteiger partial charge is 0.388 e. The molecule has 3 heteroatoms. The van der Waals surface area contributed by atoms with Crippen LogP contribution >= 0.6 is 0 Å². The Hall–Kier alpha value is -1.09. The van der Waals surface area contributed by atoms with Crippen LogP contribution in [0.25, 0.3) is 0 Å². The first kappa shape index (κ1) is 12.4. The molecule has 2 N–H and O–H groups in total. The fourth-order valence-corrected chi connectivity index (χ4v) is 2.36. The summed E-state index contributed by atoms with van der Waals surface area (Å²) in [5.41, 5.74) is 0.643. The van der Waals surface area contributed by atoms with E-state index in [4.69, 9.17) is 0 Å². The Bertz CT molecular complexity index is 370. The zero-order valence-electron chi connectivity index (χ0n) is 10.7. The second-order valence-corrected chi connectivity index (χ2v) is 5.48. The minimum atomic E-state index is -0.544. The number of rotatable bonds is 3. The molecule has 0 aliphatic heterocycles. The molecule has 1 aromatic heterocycles. The van der Waals surface area contributed by atoms with Gasteiger partial charge in [0.2, 0.25) is 0 Å². The lowest BCUT2D eigenvalue weighted by molar-refractivity contribution is 0.00494. The van der Waals surface area contributed by atoms with Gasteiger partial charge in [0.05, 0.1) is 5.60 Å². The van der Waals surface area contributed by atoms with Crippen LogP contribution in [0.1, 0.15) is 38.2 Å². The SMILES string of the molecule is Cc1ccnc(NCC2(O)CCC(C)CC2)c1. The van der Waals surface area contributed by atoms with Gasteiger partial charge in [0, 0.05) is 12.7 Å². The number of aryl methyl sites for hydroxylation is 1. The third kappa shape index (κ3) is 3.43. The molecule has 0 aromatic carbocycles. The minimum Gasteiger partial charge on any atom is -0.388 e. The summed E-state index contributed by atoms with van der Waals surface area (Å²) in [6, 6.07) is 3.98. The average molecular weight is 234 g/mol. The highest BCUT2D eigenvalue weighted by Gasteiger charge is 2.31. The van der Waals surface area contributed by atoms with Crippen LogP contribution in [0.4, 0.5) is 5.82 Å². The van der Waals surface area contributed by atoms with Gasteiger partial charge in [0.1, 0.15) is 5.82 Å². The second-order valence-electron chi connectivity index (χ2n) is 5.48. The summed E-state index contributed by atoms with van der Waals surface area (Å²) in [6.07, 6.45) is 5.84. The van der Waals surface area contributed by atoms with Gasteiger partial charge in [-0.2, -0.15) is 0 Å². The number of pyridine rings is 1. The molecule has 1 aromatic rings. The molecule has 0 atom stereocenters. The van der Waals surface area contributed by atoms with E-state index in [1.54, 1.807) is 6.20 Å². The highest BCUT2D eigenvalue weighted by molar-refractivity contribution is 5.37. The van der Waals surface area contributed by atoms with Gasteiger partial charge in [0.25, 0.3) is 0 Å². The Morgan fingerprint density at radius 1 is 1.47 bits per heavy atom. The van der Waals surface area contributed by atoms with Crippen molar-refractivity contribution < 1.29 is 5.11 Å². The van der Waals surface area contributed by atoms with E-state index in [-0.39, 0.29) is 0 Å². The lowest BCUT2D eigenvalue weighted by Gasteiger charge is -2.35. The maximum atomic E-state index is 10.4. The Balaban J connectivity index is 1.89. The molecule has 3 nitrogen and oxygen atoms in total. The molecule has 1 aliphatic carbocycles. The summed E-state index contributed by atoms with van der Waals surface area (Å²) in [4.78, 5) is 4.25. The summed E-state index contributed by atoms with van der Waals surface area (Å²) < 4.78 is 0. The monoisotopic (exact) mass is 234 g/mol. The number of hydrogen-bond donors (Lipinski definition) is 2. The number of aliphatic hydroxyl groups is 1. The van der Waals surface area contributed by atoms with Crippen LogP contribution in [0.5, 0.6) is 0 Å². The van der Waals surface area contributed by atoms with Crippen molar-refractivity contribution >= 4 is 5.82 Å². The first-order valence-electron chi connectivity index (χ1n) is 6.46. The highest BCUT2D eigenvalue weighted by Crippen LogP contribution is 2.31. The summed E-state index contributed by atoms with van der Waals surface area (Å²) >= 11 is 0. The summed E-state index contributed by atoms with van der Waals surface area (Å²) in [6.45, 7) is 4.91. The molecular weight excluding hydrogens is 212 g/mol. The van der Waals surface area contributed by atoms with Crippen LogP contribution in [-0.2, 0) is 0 Å². The molecule has 17 heavy (non-hydrogen) atoms. The van der Waals surface area contributed by atoms with Crippen LogP contribution in [0.3, 0.4) is 0 Å². The van der Waals surface area contributed by atoms with E-state index in [1.807, 2.05) is 19.1 Å². The second kappa shape index (κ2) is 5.05. The molecular formula is C14H22N2O. The Morgan fingerprint density at radius 3 is 2.82 bits per heavy atom. The first-order chi connectivity index (χ1) is 8.07. The fourth-order valence-electron chi connectivity index (χ4n) is 2.36. The third-order valence-electron chi connectivity index (χ3n) is 3.72. The Labute approximate surface area is 103 Å². The summed E-state index contributed by atoms with van der Waals surface area (Å²) in [7, 11) is 0. The molecule has 0 unspecified atom stereocenters. The van der Waals surface area contributed by atoms with Crippen molar-refractivity contribution in [3.63, 3.8) is 0 Å². The number of nitrogens with zero attached hydrogens (tertiary/aromatic N) is 1. The summed E-state index contributed by atoms with van der Waals surface area (Å²) in [5.74, 6) is 1.62. The van der Waals surface area contributed by atoms with Gasteiger partial charge in [-0.05, 0) is 56.2 Å². The van der Waals surface area contributed by atoms with Crippen molar-refractivity contribution in [3.8, 4) is 0 Å². The molecule has 1 fully saturated rings. The number of hydrogen-bond acceptors (Lipinski definition) is 3. The lowest BCUT2D eigenvalue weighted by atomic mass is 9.79. The lowest BCUT2D eigenvalue weighted by Crippen LogP contribution is -2.40. The topological polar surface area (TPSA) is 45.2 Å². The fraction of sp³-hybridized carbons (Fsp3) is 0.643. The number of nitrogens with one attached hydrogen (secondary N) is 1. The van der Waals surface area contributed by atoms with Crippen LogP contribution in [0, 0.1) is 12.8 Å². The standard InChI is InChI=1S/C14H22N2O/c1-11-3-6-14(17,7-4-11)10-16-13-9-12(2)5-8-15-13/h5,8-9,11,17H,3-4,6-7,10H2,1-2H3,(H,15,16). The molecule has 1 heterocycles. The van der Waals surface area contributed by atoms with Crippen molar-refractivity contribution in [1.29, 1.82) is 0 Å². The van der Waals surface area contributed by atoms with E-state index in [0.29, 0.717) is 6.54 Å². The molecule has 0 saturated heterocycles. The van der Waals surface area contributed by atoms with Crippen molar-refractivity contribution in [2.75, 3.05) is 11.9 Å². The highest BCUT2D eigenvalue weighted by atomic mass is 16.3. The van der Waals surface area contributed by atoms with E-state index < -0.39 is 5.60 Å². The molecule has 0 amide bonds. The number of aromatic nitrogens is 1. The van der Waals surface area contributed by atoms with Crippen LogP contribution in [0.2, 0.25) is 0 Å². The first-order valence-corrected chi connectivity index (χ1v) is 6.46. The van der Waals surface area contributed by atoms with Gasteiger partial charge < -0.3 is 10.4 Å². The normalized spacial score (nSPS) is 29.0. The van der Waals surface area contributed by atoms with E-state index >= 15 is 0 Å². The maximum absolute atomic E-state index is 10.4. The van der Waals surface area contributed by atoms with Crippen LogP contribution < -0.4 is 5.32 Å². The Kier molecular flexibility index (Phi) is 3.67. The van der Waals surface area contributed by atoms with Gasteiger partial charge in [-0.25, -0.2) is 4.98 Å². The Morgan fingerprint density at radius 2 is 2.18 bits per heavy atom. The molecule has 2 rings (SSSR count).